The summed E-state index contributed by atoms with van der Waals surface area (Å²) < 4.78 is 28.8. The van der Waals surface area contributed by atoms with Gasteiger partial charge in [0.2, 0.25) is 0 Å². The number of hydrogen-bond acceptors (Lipinski definition) is 4. The molecule has 146 valence electrons. The zero-order valence-corrected chi connectivity index (χ0v) is 18.3. The fourth-order valence-electron chi connectivity index (χ4n) is 4.03. The average molecular weight is 485 g/mol. The second-order valence-electron chi connectivity index (χ2n) is 7.48. The largest absolute Gasteiger partial charge is 0.381 e. The Balaban J connectivity index is 0.00000225. The van der Waals surface area contributed by atoms with Crippen molar-refractivity contribution in [1.82, 2.24) is 10.2 Å². The molecular formula is C17H32IN3O3S. The maximum absolute atomic E-state index is 11.6. The van der Waals surface area contributed by atoms with Gasteiger partial charge in [-0.3, -0.25) is 4.99 Å². The lowest BCUT2D eigenvalue weighted by Gasteiger charge is -2.23. The molecule has 0 aliphatic carbocycles. The Morgan fingerprint density at radius 3 is 2.76 bits per heavy atom. The molecule has 1 N–H and O–H groups in total. The van der Waals surface area contributed by atoms with Gasteiger partial charge in [-0.05, 0) is 43.4 Å². The first-order valence-electron chi connectivity index (χ1n) is 9.39. The summed E-state index contributed by atoms with van der Waals surface area (Å²) in [7, 11) is -2.82. The number of likely N-dealkylation sites (tertiary alicyclic amines) is 1. The summed E-state index contributed by atoms with van der Waals surface area (Å²) >= 11 is 0. The van der Waals surface area contributed by atoms with Crippen molar-refractivity contribution in [3.8, 4) is 0 Å². The Morgan fingerprint density at radius 1 is 1.28 bits per heavy atom. The van der Waals surface area contributed by atoms with Crippen molar-refractivity contribution in [2.75, 3.05) is 50.9 Å². The topological polar surface area (TPSA) is 71.0 Å². The molecule has 0 aromatic rings. The van der Waals surface area contributed by atoms with Crippen LogP contribution in [0.15, 0.2) is 4.99 Å². The van der Waals surface area contributed by atoms with Gasteiger partial charge in [0.15, 0.2) is 15.8 Å². The lowest BCUT2D eigenvalue weighted by molar-refractivity contribution is 0.173. The van der Waals surface area contributed by atoms with Gasteiger partial charge in [-0.2, -0.15) is 0 Å². The molecule has 8 heteroatoms. The minimum absolute atomic E-state index is 0. The van der Waals surface area contributed by atoms with Gasteiger partial charge in [-0.1, -0.05) is 6.92 Å². The van der Waals surface area contributed by atoms with Gasteiger partial charge in [0, 0.05) is 39.4 Å². The molecule has 0 bridgehead atoms. The van der Waals surface area contributed by atoms with Crippen molar-refractivity contribution in [3.63, 3.8) is 0 Å². The van der Waals surface area contributed by atoms with Crippen LogP contribution < -0.4 is 5.32 Å². The summed E-state index contributed by atoms with van der Waals surface area (Å²) in [6, 6.07) is 0. The molecule has 0 amide bonds. The van der Waals surface area contributed by atoms with Gasteiger partial charge in [0.1, 0.15) is 0 Å². The summed E-state index contributed by atoms with van der Waals surface area (Å²) in [6.07, 6.45) is 4.21. The molecule has 3 heterocycles. The third kappa shape index (κ3) is 5.95. The molecule has 3 atom stereocenters. The SMILES string of the molecule is CCCNC(=NCC1CCS(=O)(=O)C1)N1CCC(C2CCOC2)C1.I. The number of hydrogen-bond donors (Lipinski definition) is 1. The van der Waals surface area contributed by atoms with E-state index < -0.39 is 9.84 Å². The van der Waals surface area contributed by atoms with Crippen LogP contribution in [0.3, 0.4) is 0 Å². The van der Waals surface area contributed by atoms with Crippen molar-refractivity contribution in [1.29, 1.82) is 0 Å². The molecule has 3 fully saturated rings. The number of guanidine groups is 1. The fraction of sp³-hybridized carbons (Fsp3) is 0.941. The third-order valence-corrected chi connectivity index (χ3v) is 7.35. The first-order valence-corrected chi connectivity index (χ1v) is 11.2. The summed E-state index contributed by atoms with van der Waals surface area (Å²) in [5.74, 6) is 3.20. The molecule has 3 aliphatic rings. The van der Waals surface area contributed by atoms with Gasteiger partial charge in [-0.15, -0.1) is 24.0 Å². The van der Waals surface area contributed by atoms with Crippen molar-refractivity contribution in [3.05, 3.63) is 0 Å². The predicted octanol–water partition coefficient (Wildman–Crippen LogP) is 1.75. The van der Waals surface area contributed by atoms with Crippen molar-refractivity contribution in [2.45, 2.75) is 32.6 Å². The fourth-order valence-corrected chi connectivity index (χ4v) is 5.87. The molecule has 3 saturated heterocycles. The van der Waals surface area contributed by atoms with E-state index in [4.69, 9.17) is 9.73 Å². The van der Waals surface area contributed by atoms with Crippen LogP contribution in [-0.4, -0.2) is 70.2 Å². The van der Waals surface area contributed by atoms with Crippen LogP contribution >= 0.6 is 24.0 Å². The minimum atomic E-state index is -2.82. The Kier molecular flexibility index (Phi) is 8.26. The molecule has 0 spiro atoms. The molecule has 0 aromatic carbocycles. The van der Waals surface area contributed by atoms with E-state index in [0.717, 1.165) is 51.6 Å². The molecule has 3 rings (SSSR count). The second-order valence-corrected chi connectivity index (χ2v) is 9.71. The zero-order chi connectivity index (χ0) is 17.0. The first-order chi connectivity index (χ1) is 11.6. The molecule has 3 aliphatic heterocycles. The molecule has 0 aromatic heterocycles. The smallest absolute Gasteiger partial charge is 0.193 e. The van der Waals surface area contributed by atoms with E-state index in [-0.39, 0.29) is 29.9 Å². The Labute approximate surface area is 169 Å². The predicted molar refractivity (Wildman–Crippen MR) is 111 cm³/mol. The van der Waals surface area contributed by atoms with E-state index >= 15 is 0 Å². The summed E-state index contributed by atoms with van der Waals surface area (Å²) in [6.45, 7) is 7.59. The van der Waals surface area contributed by atoms with Crippen LogP contribution in [0.2, 0.25) is 0 Å². The second kappa shape index (κ2) is 9.73. The van der Waals surface area contributed by atoms with Crippen molar-refractivity contribution in [2.24, 2.45) is 22.7 Å². The molecular weight excluding hydrogens is 453 g/mol. The number of nitrogens with one attached hydrogen (secondary N) is 1. The molecule has 0 radical (unpaired) electrons. The van der Waals surface area contributed by atoms with Crippen LogP contribution in [0, 0.1) is 17.8 Å². The third-order valence-electron chi connectivity index (χ3n) is 5.51. The number of sulfone groups is 1. The van der Waals surface area contributed by atoms with Gasteiger partial charge in [-0.25, -0.2) is 8.42 Å². The maximum Gasteiger partial charge on any atom is 0.193 e. The quantitative estimate of drug-likeness (QED) is 0.365. The Morgan fingerprint density at radius 2 is 2.12 bits per heavy atom. The Hall–Kier alpha value is -0.0900. The number of aliphatic imine (C=N–C) groups is 1. The van der Waals surface area contributed by atoms with Gasteiger partial charge in [0.05, 0.1) is 11.5 Å². The molecule has 0 saturated carbocycles. The lowest BCUT2D eigenvalue weighted by Crippen LogP contribution is -2.41. The zero-order valence-electron chi connectivity index (χ0n) is 15.2. The van der Waals surface area contributed by atoms with Gasteiger partial charge < -0.3 is 15.0 Å². The molecule has 6 nitrogen and oxygen atoms in total. The molecule has 3 unspecified atom stereocenters. The van der Waals surface area contributed by atoms with Crippen molar-refractivity contribution >= 4 is 39.8 Å². The van der Waals surface area contributed by atoms with Crippen LogP contribution in [0.5, 0.6) is 0 Å². The Bertz CT molecular complexity index is 549. The highest BCUT2D eigenvalue weighted by atomic mass is 127. The maximum atomic E-state index is 11.6. The first kappa shape index (κ1) is 21.2. The lowest BCUT2D eigenvalue weighted by atomic mass is 9.91. The normalized spacial score (nSPS) is 32.0. The summed E-state index contributed by atoms with van der Waals surface area (Å²) in [5.41, 5.74) is 0. The van der Waals surface area contributed by atoms with E-state index in [1.165, 1.54) is 12.8 Å². The van der Waals surface area contributed by atoms with Crippen molar-refractivity contribution < 1.29 is 13.2 Å². The van der Waals surface area contributed by atoms with Crippen LogP contribution in [0.1, 0.15) is 32.6 Å². The molecule has 25 heavy (non-hydrogen) atoms. The summed E-state index contributed by atoms with van der Waals surface area (Å²) in [5, 5.41) is 3.46. The highest BCUT2D eigenvalue weighted by Crippen LogP contribution is 2.30. The van der Waals surface area contributed by atoms with Crippen LogP contribution in [0.25, 0.3) is 0 Å². The number of halogens is 1. The number of rotatable bonds is 5. The van der Waals surface area contributed by atoms with Crippen LogP contribution in [0.4, 0.5) is 0 Å². The van der Waals surface area contributed by atoms with E-state index in [0.29, 0.717) is 29.9 Å². The average Bonchev–Trinajstić information content (AvgIpc) is 3.27. The minimum Gasteiger partial charge on any atom is -0.381 e. The monoisotopic (exact) mass is 485 g/mol. The standard InChI is InChI=1S/C17H31N3O3S.HI/c1-2-6-18-17(19-10-14-5-9-24(21,22)13-14)20-7-3-15(11-20)16-4-8-23-12-16;/h14-16H,2-13H2,1H3,(H,18,19);1H. The van der Waals surface area contributed by atoms with Crippen LogP contribution in [-0.2, 0) is 14.6 Å². The van der Waals surface area contributed by atoms with Gasteiger partial charge in [0.25, 0.3) is 0 Å². The van der Waals surface area contributed by atoms with E-state index in [2.05, 4.69) is 17.1 Å². The highest BCUT2D eigenvalue weighted by molar-refractivity contribution is 14.0. The number of ether oxygens (including phenoxy) is 1. The summed E-state index contributed by atoms with van der Waals surface area (Å²) in [4.78, 5) is 7.15. The van der Waals surface area contributed by atoms with E-state index in [9.17, 15) is 8.42 Å². The van der Waals surface area contributed by atoms with E-state index in [1.807, 2.05) is 0 Å². The van der Waals surface area contributed by atoms with Gasteiger partial charge >= 0.3 is 0 Å². The number of nitrogens with zero attached hydrogens (tertiary/aromatic N) is 2. The highest BCUT2D eigenvalue weighted by Gasteiger charge is 2.33. The van der Waals surface area contributed by atoms with E-state index in [1.54, 1.807) is 0 Å².